The number of Topliss-reactive ketones (excluding diaryl/α,β-unsaturated/α-hetero) is 1. The first kappa shape index (κ1) is 39.3. The van der Waals surface area contributed by atoms with Gasteiger partial charge < -0.3 is 23.9 Å². The van der Waals surface area contributed by atoms with Gasteiger partial charge in [0, 0.05) is 59.7 Å². The topological polar surface area (TPSA) is 130 Å². The number of furan rings is 1. The third-order valence-electron chi connectivity index (χ3n) is 9.65. The molecule has 3 aromatic heterocycles. The number of halogens is 3. The highest BCUT2D eigenvalue weighted by Crippen LogP contribution is 2.49. The van der Waals surface area contributed by atoms with Crippen LogP contribution in [0.15, 0.2) is 102 Å². The second kappa shape index (κ2) is 16.9. The van der Waals surface area contributed by atoms with Gasteiger partial charge in [-0.25, -0.2) is 0 Å². The zero-order chi connectivity index (χ0) is 37.8. The lowest BCUT2D eigenvalue weighted by molar-refractivity contribution is 0.0985. The molecule has 2 aliphatic rings. The van der Waals surface area contributed by atoms with Gasteiger partial charge in [0.25, 0.3) is 5.91 Å². The smallest absolute Gasteiger partial charge is 0.256 e. The molecule has 55 heavy (non-hydrogen) atoms. The highest BCUT2D eigenvalue weighted by Gasteiger charge is 2.44. The van der Waals surface area contributed by atoms with E-state index in [0.29, 0.717) is 23.1 Å². The zero-order valence-corrected chi connectivity index (χ0v) is 32.2. The van der Waals surface area contributed by atoms with E-state index >= 15 is 0 Å². The van der Waals surface area contributed by atoms with E-state index < -0.39 is 5.91 Å². The highest BCUT2D eigenvalue weighted by atomic mass is 35.5. The fourth-order valence-electron chi connectivity index (χ4n) is 6.98. The number of methoxy groups -OCH3 is 2. The third kappa shape index (κ3) is 8.17. The Labute approximate surface area is 333 Å². The highest BCUT2D eigenvalue weighted by molar-refractivity contribution is 6.40. The van der Waals surface area contributed by atoms with Crippen LogP contribution in [0.4, 0.5) is 5.69 Å². The van der Waals surface area contributed by atoms with Crippen LogP contribution in [0.2, 0.25) is 10.0 Å². The van der Waals surface area contributed by atoms with Crippen LogP contribution in [0.3, 0.4) is 0 Å². The van der Waals surface area contributed by atoms with Gasteiger partial charge in [0.15, 0.2) is 34.4 Å². The molecule has 282 valence electrons. The van der Waals surface area contributed by atoms with Crippen molar-refractivity contribution in [2.45, 2.75) is 44.1 Å². The molecule has 10 nitrogen and oxygen atoms in total. The van der Waals surface area contributed by atoms with Crippen molar-refractivity contribution in [1.29, 1.82) is 0 Å². The molecule has 13 heteroatoms. The summed E-state index contributed by atoms with van der Waals surface area (Å²) in [5, 5.41) is 3.51. The van der Waals surface area contributed by atoms with Gasteiger partial charge in [-0.15, -0.1) is 12.4 Å². The van der Waals surface area contributed by atoms with E-state index in [1.165, 1.54) is 38.4 Å². The van der Waals surface area contributed by atoms with E-state index in [2.05, 4.69) is 15.3 Å². The number of carbonyl (C=O) groups excluding carboxylic acids is 3. The first-order valence-corrected chi connectivity index (χ1v) is 18.1. The number of ether oxygens (including phenoxy) is 3. The molecule has 8 rings (SSSR count). The molecule has 0 unspecified atom stereocenters. The second-order valence-electron chi connectivity index (χ2n) is 13.0. The predicted molar refractivity (Wildman–Crippen MR) is 213 cm³/mol. The van der Waals surface area contributed by atoms with E-state index in [-0.39, 0.29) is 62.2 Å². The normalized spacial score (nSPS) is 13.5. The largest absolute Gasteiger partial charge is 0.493 e. The number of anilines is 1. The molecule has 4 heterocycles. The molecule has 1 N–H and O–H groups in total. The number of carbonyl (C=O) groups is 3. The first-order valence-electron chi connectivity index (χ1n) is 17.3. The summed E-state index contributed by atoms with van der Waals surface area (Å²) in [7, 11) is 3.13. The lowest BCUT2D eigenvalue weighted by Crippen LogP contribution is -2.30. The van der Waals surface area contributed by atoms with Crippen molar-refractivity contribution >= 4 is 69.7 Å². The number of pyridine rings is 2. The van der Waals surface area contributed by atoms with Crippen molar-refractivity contribution in [3.63, 3.8) is 0 Å². The number of nitrogens with one attached hydrogen (secondary N) is 1. The fraction of sp³-hybridized carbons (Fsp3) is 0.214. The van der Waals surface area contributed by atoms with Gasteiger partial charge in [-0.2, -0.15) is 0 Å². The zero-order valence-electron chi connectivity index (χ0n) is 29.9. The van der Waals surface area contributed by atoms with Crippen LogP contribution in [0, 0.1) is 0 Å². The number of fused-ring (bicyclic) bond motifs is 2. The minimum absolute atomic E-state index is 0. The molecule has 0 radical (unpaired) electrons. The Balaban J connectivity index is 0.000000188. The minimum Gasteiger partial charge on any atom is -0.493 e. The molecular weight excluding hydrogens is 765 g/mol. The Morgan fingerprint density at radius 3 is 2.16 bits per heavy atom. The van der Waals surface area contributed by atoms with Crippen molar-refractivity contribution in [3.8, 4) is 17.2 Å². The van der Waals surface area contributed by atoms with Gasteiger partial charge in [0.1, 0.15) is 5.60 Å². The number of amides is 1. The van der Waals surface area contributed by atoms with Crippen LogP contribution in [-0.2, 0) is 12.8 Å². The second-order valence-corrected chi connectivity index (χ2v) is 13.9. The summed E-state index contributed by atoms with van der Waals surface area (Å²) in [5.74, 6) is 1.34. The average molecular weight is 801 g/mol. The Morgan fingerprint density at radius 2 is 1.49 bits per heavy atom. The summed E-state index contributed by atoms with van der Waals surface area (Å²) >= 11 is 12.2. The van der Waals surface area contributed by atoms with Crippen molar-refractivity contribution in [2.24, 2.45) is 0 Å². The maximum atomic E-state index is 13.0. The number of rotatable bonds is 9. The van der Waals surface area contributed by atoms with E-state index in [4.69, 9.17) is 41.8 Å². The SMILES string of the molecule is COc1ccc(C(=O)Cc2ccncc2)c2c1OC1(CCCC1)C2.COc1ccc(C(=O)Nc2c(Cl)cncc2Cl)c2cc(C(=O)c3ccccc3)oc12.Cl. The number of benzene rings is 3. The van der Waals surface area contributed by atoms with Crippen LogP contribution in [0.25, 0.3) is 11.0 Å². The summed E-state index contributed by atoms with van der Waals surface area (Å²) in [6.45, 7) is 0. The third-order valence-corrected chi connectivity index (χ3v) is 10.2. The quantitative estimate of drug-likeness (QED) is 0.142. The lowest BCUT2D eigenvalue weighted by atomic mass is 9.90. The Hall–Kier alpha value is -5.42. The predicted octanol–water partition coefficient (Wildman–Crippen LogP) is 9.81. The number of ketones is 2. The van der Waals surface area contributed by atoms with E-state index in [1.807, 2.05) is 30.3 Å². The van der Waals surface area contributed by atoms with Crippen LogP contribution in [0.1, 0.15) is 73.6 Å². The fourth-order valence-corrected chi connectivity index (χ4v) is 7.44. The first-order chi connectivity index (χ1) is 26.2. The Kier molecular flexibility index (Phi) is 12.1. The molecule has 1 amide bonds. The molecule has 0 saturated heterocycles. The average Bonchev–Trinajstić information content (AvgIpc) is 3.95. The molecule has 6 aromatic rings. The van der Waals surface area contributed by atoms with Crippen LogP contribution in [0.5, 0.6) is 17.2 Å². The van der Waals surface area contributed by atoms with Gasteiger partial charge in [-0.05, 0) is 73.7 Å². The molecule has 0 atom stereocenters. The van der Waals surface area contributed by atoms with Crippen LogP contribution in [-0.4, -0.2) is 47.3 Å². The summed E-state index contributed by atoms with van der Waals surface area (Å²) in [4.78, 5) is 46.5. The monoisotopic (exact) mass is 799 g/mol. The van der Waals surface area contributed by atoms with Gasteiger partial charge in [0.05, 0.1) is 35.5 Å². The summed E-state index contributed by atoms with van der Waals surface area (Å²) in [6.07, 6.45) is 11.9. The lowest BCUT2D eigenvalue weighted by Gasteiger charge is -2.22. The maximum Gasteiger partial charge on any atom is 0.256 e. The van der Waals surface area contributed by atoms with Crippen molar-refractivity contribution < 1.29 is 33.0 Å². The number of nitrogens with zero attached hydrogens (tertiary/aromatic N) is 2. The number of hydrogen-bond donors (Lipinski definition) is 1. The molecule has 1 fully saturated rings. The molecule has 0 bridgehead atoms. The van der Waals surface area contributed by atoms with Gasteiger partial charge in [-0.3, -0.25) is 24.4 Å². The van der Waals surface area contributed by atoms with Crippen molar-refractivity contribution in [2.75, 3.05) is 19.5 Å². The Morgan fingerprint density at radius 1 is 0.836 bits per heavy atom. The minimum atomic E-state index is -0.475. The van der Waals surface area contributed by atoms with Gasteiger partial charge in [-0.1, -0.05) is 53.5 Å². The maximum absolute atomic E-state index is 13.0. The van der Waals surface area contributed by atoms with Crippen LogP contribution < -0.4 is 19.5 Å². The summed E-state index contributed by atoms with van der Waals surface area (Å²) in [6, 6.07) is 20.9. The molecule has 1 aliphatic carbocycles. The molecule has 1 saturated carbocycles. The van der Waals surface area contributed by atoms with Crippen molar-refractivity contribution in [3.05, 3.63) is 141 Å². The Bertz CT molecular complexity index is 2340. The van der Waals surface area contributed by atoms with Gasteiger partial charge in [0.2, 0.25) is 5.78 Å². The van der Waals surface area contributed by atoms with E-state index in [0.717, 1.165) is 47.5 Å². The van der Waals surface area contributed by atoms with E-state index in [9.17, 15) is 14.4 Å². The number of hydrogen-bond acceptors (Lipinski definition) is 9. The molecule has 1 spiro atoms. The summed E-state index contributed by atoms with van der Waals surface area (Å²) in [5.41, 5.74) is 3.92. The number of aromatic nitrogens is 2. The molecule has 3 aromatic carbocycles. The molecule has 1 aliphatic heterocycles. The van der Waals surface area contributed by atoms with Crippen LogP contribution >= 0.6 is 35.6 Å². The summed E-state index contributed by atoms with van der Waals surface area (Å²) < 4.78 is 22.9. The van der Waals surface area contributed by atoms with E-state index in [1.54, 1.807) is 55.9 Å². The van der Waals surface area contributed by atoms with Crippen molar-refractivity contribution in [1.82, 2.24) is 9.97 Å². The van der Waals surface area contributed by atoms with Gasteiger partial charge >= 0.3 is 0 Å². The molecular formula is C42H36Cl3N3O7. The standard InChI is InChI=1S/C22H14Cl2N2O4.C20H21NO3.ClH/c1-29-17-8-7-13(22(28)26-19-15(23)10-25-11-16(19)24)14-9-18(30-21(14)17)20(27)12-5-3-2-4-6-12;1-23-18-5-4-15(17(22)12-14-6-10-21-11-7-14)16-13-20(24-19(16)18)8-2-3-9-20;/h2-11H,1H3,(H,25,26,28);4-7,10-11H,2-3,8-9,12-13H2,1H3;1H.